The standard InChI is InChI=1S/C15H18N4O2/c1-21-13-4-2-12(3-5-13)19-9-7-14(18-19)15(20)17-11-6-8-16-10-11/h2-5,7,9,11,16H,6,8,10H2,1H3,(H,17,20). The highest BCUT2D eigenvalue weighted by Crippen LogP contribution is 2.14. The second-order valence-corrected chi connectivity index (χ2v) is 5.01. The molecule has 0 saturated carbocycles. The molecule has 0 aliphatic carbocycles. The van der Waals surface area contributed by atoms with Gasteiger partial charge in [0.15, 0.2) is 5.69 Å². The molecule has 0 spiro atoms. The molecule has 1 amide bonds. The van der Waals surface area contributed by atoms with Gasteiger partial charge in [-0.25, -0.2) is 4.68 Å². The van der Waals surface area contributed by atoms with Gasteiger partial charge in [-0.1, -0.05) is 0 Å². The van der Waals surface area contributed by atoms with E-state index in [0.717, 1.165) is 30.9 Å². The first-order valence-electron chi connectivity index (χ1n) is 6.98. The van der Waals surface area contributed by atoms with Crippen LogP contribution < -0.4 is 15.4 Å². The van der Waals surface area contributed by atoms with Gasteiger partial charge in [-0.05, 0) is 43.3 Å². The van der Waals surface area contributed by atoms with Crippen molar-refractivity contribution < 1.29 is 9.53 Å². The fourth-order valence-electron chi connectivity index (χ4n) is 2.36. The maximum Gasteiger partial charge on any atom is 0.272 e. The van der Waals surface area contributed by atoms with E-state index in [2.05, 4.69) is 15.7 Å². The number of nitrogens with zero attached hydrogens (tertiary/aromatic N) is 2. The Hall–Kier alpha value is -2.34. The lowest BCUT2D eigenvalue weighted by molar-refractivity contribution is 0.0934. The summed E-state index contributed by atoms with van der Waals surface area (Å²) in [6.07, 6.45) is 2.74. The van der Waals surface area contributed by atoms with E-state index >= 15 is 0 Å². The molecule has 1 unspecified atom stereocenters. The molecule has 1 atom stereocenters. The number of carbonyl (C=O) groups is 1. The quantitative estimate of drug-likeness (QED) is 0.879. The number of hydrogen-bond donors (Lipinski definition) is 2. The molecule has 6 nitrogen and oxygen atoms in total. The average molecular weight is 286 g/mol. The molecule has 1 aliphatic heterocycles. The minimum atomic E-state index is -0.129. The van der Waals surface area contributed by atoms with E-state index in [4.69, 9.17) is 4.74 Å². The summed E-state index contributed by atoms with van der Waals surface area (Å²) in [5, 5.41) is 10.5. The lowest BCUT2D eigenvalue weighted by Crippen LogP contribution is -2.36. The molecular weight excluding hydrogens is 268 g/mol. The molecule has 2 aromatic rings. The van der Waals surface area contributed by atoms with Crippen molar-refractivity contribution in [2.45, 2.75) is 12.5 Å². The summed E-state index contributed by atoms with van der Waals surface area (Å²) in [5.41, 5.74) is 1.31. The Labute approximate surface area is 123 Å². The van der Waals surface area contributed by atoms with Crippen LogP contribution in [0.25, 0.3) is 5.69 Å². The van der Waals surface area contributed by atoms with Gasteiger partial charge in [-0.15, -0.1) is 0 Å². The molecule has 1 aliphatic rings. The van der Waals surface area contributed by atoms with Gasteiger partial charge in [0.1, 0.15) is 5.75 Å². The molecule has 1 saturated heterocycles. The van der Waals surface area contributed by atoms with E-state index in [0.29, 0.717) is 5.69 Å². The average Bonchev–Trinajstić information content (AvgIpc) is 3.18. The largest absolute Gasteiger partial charge is 0.497 e. The van der Waals surface area contributed by atoms with Crippen molar-refractivity contribution >= 4 is 5.91 Å². The van der Waals surface area contributed by atoms with E-state index in [1.54, 1.807) is 24.1 Å². The third-order valence-electron chi connectivity index (χ3n) is 3.55. The first-order chi connectivity index (χ1) is 10.3. The molecule has 2 heterocycles. The number of benzene rings is 1. The van der Waals surface area contributed by atoms with Crippen molar-refractivity contribution in [3.05, 3.63) is 42.2 Å². The molecule has 1 fully saturated rings. The third kappa shape index (κ3) is 3.05. The summed E-state index contributed by atoms with van der Waals surface area (Å²) in [6, 6.07) is 9.44. The first-order valence-corrected chi connectivity index (χ1v) is 6.98. The lowest BCUT2D eigenvalue weighted by atomic mass is 10.2. The van der Waals surface area contributed by atoms with E-state index in [1.807, 2.05) is 24.3 Å². The maximum atomic E-state index is 12.1. The van der Waals surface area contributed by atoms with Crippen molar-refractivity contribution in [2.75, 3.05) is 20.2 Å². The van der Waals surface area contributed by atoms with Crippen LogP contribution in [0, 0.1) is 0 Å². The molecule has 1 aromatic heterocycles. The molecule has 6 heteroatoms. The first kappa shape index (κ1) is 13.6. The zero-order chi connectivity index (χ0) is 14.7. The molecule has 3 rings (SSSR count). The number of aromatic nitrogens is 2. The summed E-state index contributed by atoms with van der Waals surface area (Å²) in [4.78, 5) is 12.1. The SMILES string of the molecule is COc1ccc(-n2ccc(C(=O)NC3CCNC3)n2)cc1. The van der Waals surface area contributed by atoms with Gasteiger partial charge in [-0.2, -0.15) is 5.10 Å². The lowest BCUT2D eigenvalue weighted by Gasteiger charge is -2.09. The van der Waals surface area contributed by atoms with Gasteiger partial charge < -0.3 is 15.4 Å². The van der Waals surface area contributed by atoms with Crippen LogP contribution in [0.2, 0.25) is 0 Å². The van der Waals surface area contributed by atoms with Crippen molar-refractivity contribution in [1.82, 2.24) is 20.4 Å². The predicted molar refractivity (Wildman–Crippen MR) is 78.9 cm³/mol. The van der Waals surface area contributed by atoms with Gasteiger partial charge in [-0.3, -0.25) is 4.79 Å². The molecule has 2 N–H and O–H groups in total. The molecule has 21 heavy (non-hydrogen) atoms. The van der Waals surface area contributed by atoms with E-state index in [9.17, 15) is 4.79 Å². The monoisotopic (exact) mass is 286 g/mol. The summed E-state index contributed by atoms with van der Waals surface area (Å²) < 4.78 is 6.80. The Morgan fingerprint density at radius 3 is 2.86 bits per heavy atom. The molecule has 1 aromatic carbocycles. The predicted octanol–water partition coefficient (Wildman–Crippen LogP) is 0.973. The summed E-state index contributed by atoms with van der Waals surface area (Å²) in [6.45, 7) is 1.77. The Morgan fingerprint density at radius 2 is 2.19 bits per heavy atom. The molecular formula is C15H18N4O2. The molecule has 110 valence electrons. The van der Waals surface area contributed by atoms with E-state index < -0.39 is 0 Å². The second-order valence-electron chi connectivity index (χ2n) is 5.01. The van der Waals surface area contributed by atoms with Crippen LogP contribution >= 0.6 is 0 Å². The molecule has 0 radical (unpaired) electrons. The van der Waals surface area contributed by atoms with Crippen molar-refractivity contribution in [1.29, 1.82) is 0 Å². The summed E-state index contributed by atoms with van der Waals surface area (Å²) in [5.74, 6) is 0.661. The maximum absolute atomic E-state index is 12.1. The smallest absolute Gasteiger partial charge is 0.272 e. The zero-order valence-electron chi connectivity index (χ0n) is 11.9. The molecule has 0 bridgehead atoms. The number of hydrogen-bond acceptors (Lipinski definition) is 4. The van der Waals surface area contributed by atoms with Gasteiger partial charge in [0.2, 0.25) is 0 Å². The van der Waals surface area contributed by atoms with Gasteiger partial charge in [0.05, 0.1) is 12.8 Å². The van der Waals surface area contributed by atoms with Crippen LogP contribution in [0.1, 0.15) is 16.9 Å². The van der Waals surface area contributed by atoms with Crippen LogP contribution in [0.15, 0.2) is 36.5 Å². The summed E-state index contributed by atoms with van der Waals surface area (Å²) >= 11 is 0. The fourth-order valence-corrected chi connectivity index (χ4v) is 2.36. The minimum absolute atomic E-state index is 0.129. The number of nitrogens with one attached hydrogen (secondary N) is 2. The highest BCUT2D eigenvalue weighted by molar-refractivity contribution is 5.92. The van der Waals surface area contributed by atoms with Crippen LogP contribution in [0.3, 0.4) is 0 Å². The minimum Gasteiger partial charge on any atom is -0.497 e. The Balaban J connectivity index is 1.71. The van der Waals surface area contributed by atoms with Crippen molar-refractivity contribution in [3.63, 3.8) is 0 Å². The number of methoxy groups -OCH3 is 1. The highest BCUT2D eigenvalue weighted by Gasteiger charge is 2.19. The van der Waals surface area contributed by atoms with Gasteiger partial charge in [0, 0.05) is 18.8 Å². The third-order valence-corrected chi connectivity index (χ3v) is 3.55. The topological polar surface area (TPSA) is 68.2 Å². The van der Waals surface area contributed by atoms with E-state index in [1.165, 1.54) is 0 Å². The number of ether oxygens (including phenoxy) is 1. The summed E-state index contributed by atoms with van der Waals surface area (Å²) in [7, 11) is 1.63. The van der Waals surface area contributed by atoms with Gasteiger partial charge in [0.25, 0.3) is 5.91 Å². The number of rotatable bonds is 4. The van der Waals surface area contributed by atoms with Crippen LogP contribution in [-0.2, 0) is 0 Å². The second kappa shape index (κ2) is 5.97. The van der Waals surface area contributed by atoms with Crippen molar-refractivity contribution in [2.24, 2.45) is 0 Å². The fraction of sp³-hybridized carbons (Fsp3) is 0.333. The van der Waals surface area contributed by atoms with Gasteiger partial charge >= 0.3 is 0 Å². The highest BCUT2D eigenvalue weighted by atomic mass is 16.5. The van der Waals surface area contributed by atoms with Crippen LogP contribution in [-0.4, -0.2) is 41.9 Å². The van der Waals surface area contributed by atoms with E-state index in [-0.39, 0.29) is 11.9 Å². The Bertz CT molecular complexity index is 615. The van der Waals surface area contributed by atoms with Crippen LogP contribution in [0.5, 0.6) is 5.75 Å². The Morgan fingerprint density at radius 1 is 1.38 bits per heavy atom. The number of carbonyl (C=O) groups excluding carboxylic acids is 1. The Kier molecular flexibility index (Phi) is 3.87. The number of amides is 1. The van der Waals surface area contributed by atoms with Crippen molar-refractivity contribution in [3.8, 4) is 11.4 Å². The zero-order valence-corrected chi connectivity index (χ0v) is 11.9. The van der Waals surface area contributed by atoms with Crippen LogP contribution in [0.4, 0.5) is 0 Å². The normalized spacial score (nSPS) is 17.7.